The fourth-order valence-corrected chi connectivity index (χ4v) is 4.11. The average molecular weight is 367 g/mol. The Morgan fingerprint density at radius 3 is 2.44 bits per heavy atom. The molecule has 0 atom stereocenters. The Kier molecular flexibility index (Phi) is 4.91. The second-order valence-corrected chi connectivity index (χ2v) is 7.93. The van der Waals surface area contributed by atoms with Crippen molar-refractivity contribution in [2.45, 2.75) is 26.8 Å². The van der Waals surface area contributed by atoms with Crippen molar-refractivity contribution in [2.24, 2.45) is 0 Å². The summed E-state index contributed by atoms with van der Waals surface area (Å²) in [6, 6.07) is 11.1. The van der Waals surface area contributed by atoms with Crippen molar-refractivity contribution in [2.75, 3.05) is 50.7 Å². The van der Waals surface area contributed by atoms with Crippen molar-refractivity contribution in [1.29, 1.82) is 0 Å². The first-order valence-electron chi connectivity index (χ1n) is 9.84. The van der Waals surface area contributed by atoms with Crippen molar-refractivity contribution in [3.63, 3.8) is 0 Å². The summed E-state index contributed by atoms with van der Waals surface area (Å²) in [4.78, 5) is 19.3. The molecule has 0 unspecified atom stereocenters. The van der Waals surface area contributed by atoms with Gasteiger partial charge in [0.15, 0.2) is 0 Å². The molecule has 6 heteroatoms. The maximum Gasteiger partial charge on any atom is 0.236 e. The van der Waals surface area contributed by atoms with E-state index in [2.05, 4.69) is 63.8 Å². The normalized spacial score (nSPS) is 18.6. The smallest absolute Gasteiger partial charge is 0.236 e. The van der Waals surface area contributed by atoms with E-state index in [4.69, 9.17) is 0 Å². The van der Waals surface area contributed by atoms with E-state index in [0.29, 0.717) is 12.6 Å². The summed E-state index contributed by atoms with van der Waals surface area (Å²) in [7, 11) is 0. The van der Waals surface area contributed by atoms with Crippen LogP contribution >= 0.6 is 0 Å². The lowest BCUT2D eigenvalue weighted by molar-refractivity contribution is -0.138. The van der Waals surface area contributed by atoms with Crippen LogP contribution in [0.1, 0.15) is 23.0 Å². The Balaban J connectivity index is 1.24. The third-order valence-corrected chi connectivity index (χ3v) is 5.70. The van der Waals surface area contributed by atoms with Gasteiger partial charge in [0.1, 0.15) is 0 Å². The first kappa shape index (κ1) is 18.0. The average Bonchev–Trinajstić information content (AvgIpc) is 2.92. The van der Waals surface area contributed by atoms with Gasteiger partial charge in [0.2, 0.25) is 5.91 Å². The monoisotopic (exact) mass is 367 g/mol. The molecule has 6 nitrogen and oxygen atoms in total. The number of benzene rings is 1. The third kappa shape index (κ3) is 3.86. The minimum atomic E-state index is 0.247. The maximum atomic E-state index is 12.6. The van der Waals surface area contributed by atoms with Gasteiger partial charge in [0, 0.05) is 50.6 Å². The van der Waals surface area contributed by atoms with Crippen LogP contribution in [0, 0.1) is 20.8 Å². The van der Waals surface area contributed by atoms with Crippen LogP contribution < -0.4 is 4.90 Å². The summed E-state index contributed by atoms with van der Waals surface area (Å²) in [6.07, 6.45) is 0. The van der Waals surface area contributed by atoms with E-state index >= 15 is 0 Å². The predicted octanol–water partition coefficient (Wildman–Crippen LogP) is 2.01. The number of aryl methyl sites for hydroxylation is 3. The lowest BCUT2D eigenvalue weighted by Crippen LogP contribution is -2.56. The molecule has 2 aliphatic heterocycles. The SMILES string of the molecule is Cc1cccc(N2CCN(CC(=O)N3CC(n4nc(C)cc4C)C3)CC2)c1. The Morgan fingerprint density at radius 2 is 1.81 bits per heavy atom. The van der Waals surface area contributed by atoms with Gasteiger partial charge in [0.05, 0.1) is 18.3 Å². The van der Waals surface area contributed by atoms with Crippen molar-refractivity contribution in [3.05, 3.63) is 47.3 Å². The van der Waals surface area contributed by atoms with Crippen molar-refractivity contribution >= 4 is 11.6 Å². The summed E-state index contributed by atoms with van der Waals surface area (Å²) in [5.41, 5.74) is 4.80. The van der Waals surface area contributed by atoms with Gasteiger partial charge in [-0.05, 0) is 44.5 Å². The molecule has 0 radical (unpaired) electrons. The van der Waals surface area contributed by atoms with Gasteiger partial charge in [-0.1, -0.05) is 12.1 Å². The number of carbonyl (C=O) groups is 1. The van der Waals surface area contributed by atoms with Crippen molar-refractivity contribution in [1.82, 2.24) is 19.6 Å². The number of hydrogen-bond donors (Lipinski definition) is 0. The molecule has 2 fully saturated rings. The quantitative estimate of drug-likeness (QED) is 0.829. The Labute approximate surface area is 161 Å². The first-order valence-corrected chi connectivity index (χ1v) is 9.84. The lowest BCUT2D eigenvalue weighted by Gasteiger charge is -2.42. The number of piperazine rings is 1. The second kappa shape index (κ2) is 7.35. The summed E-state index contributed by atoms with van der Waals surface area (Å²) < 4.78 is 2.07. The summed E-state index contributed by atoms with van der Waals surface area (Å²) in [5.74, 6) is 0.247. The fraction of sp³-hybridized carbons (Fsp3) is 0.524. The molecule has 2 saturated heterocycles. The molecule has 0 spiro atoms. The fourth-order valence-electron chi connectivity index (χ4n) is 4.11. The zero-order valence-corrected chi connectivity index (χ0v) is 16.6. The molecule has 2 aromatic rings. The van der Waals surface area contributed by atoms with Gasteiger partial charge in [0.25, 0.3) is 0 Å². The minimum Gasteiger partial charge on any atom is -0.369 e. The van der Waals surface area contributed by atoms with Gasteiger partial charge in [-0.25, -0.2) is 0 Å². The van der Waals surface area contributed by atoms with Gasteiger partial charge >= 0.3 is 0 Å². The van der Waals surface area contributed by atoms with Crippen LogP contribution in [0.25, 0.3) is 0 Å². The Hall–Kier alpha value is -2.34. The highest BCUT2D eigenvalue weighted by atomic mass is 16.2. The van der Waals surface area contributed by atoms with Crippen molar-refractivity contribution < 1.29 is 4.79 Å². The van der Waals surface area contributed by atoms with E-state index < -0.39 is 0 Å². The highest BCUT2D eigenvalue weighted by molar-refractivity contribution is 5.79. The number of amides is 1. The van der Waals surface area contributed by atoms with E-state index in [-0.39, 0.29) is 5.91 Å². The minimum absolute atomic E-state index is 0.247. The van der Waals surface area contributed by atoms with E-state index in [1.165, 1.54) is 16.9 Å². The number of carbonyl (C=O) groups excluding carboxylic acids is 1. The molecular weight excluding hydrogens is 338 g/mol. The van der Waals surface area contributed by atoms with Crippen LogP contribution in [0.5, 0.6) is 0 Å². The van der Waals surface area contributed by atoms with Crippen LogP contribution in [0.2, 0.25) is 0 Å². The highest BCUT2D eigenvalue weighted by Crippen LogP contribution is 2.23. The highest BCUT2D eigenvalue weighted by Gasteiger charge is 2.34. The summed E-state index contributed by atoms with van der Waals surface area (Å²) in [5, 5.41) is 4.55. The van der Waals surface area contributed by atoms with Gasteiger partial charge < -0.3 is 9.80 Å². The van der Waals surface area contributed by atoms with Gasteiger partial charge in [-0.2, -0.15) is 5.10 Å². The molecule has 144 valence electrons. The zero-order valence-electron chi connectivity index (χ0n) is 16.6. The third-order valence-electron chi connectivity index (χ3n) is 5.70. The molecule has 0 N–H and O–H groups in total. The van der Waals surface area contributed by atoms with E-state index in [0.717, 1.165) is 45.0 Å². The zero-order chi connectivity index (χ0) is 19.0. The molecule has 4 rings (SSSR count). The number of anilines is 1. The van der Waals surface area contributed by atoms with E-state index in [1.54, 1.807) is 0 Å². The maximum absolute atomic E-state index is 12.6. The van der Waals surface area contributed by atoms with Gasteiger partial charge in [-0.15, -0.1) is 0 Å². The molecule has 3 heterocycles. The molecule has 0 aliphatic carbocycles. The Bertz CT molecular complexity index is 816. The van der Waals surface area contributed by atoms with Crippen LogP contribution in [0.15, 0.2) is 30.3 Å². The van der Waals surface area contributed by atoms with Gasteiger partial charge in [-0.3, -0.25) is 14.4 Å². The predicted molar refractivity (Wildman–Crippen MR) is 107 cm³/mol. The van der Waals surface area contributed by atoms with Crippen molar-refractivity contribution in [3.8, 4) is 0 Å². The van der Waals surface area contributed by atoms with Crippen LogP contribution in [0.4, 0.5) is 5.69 Å². The van der Waals surface area contributed by atoms with E-state index in [1.807, 2.05) is 11.8 Å². The molecule has 1 amide bonds. The lowest BCUT2D eigenvalue weighted by atomic mass is 10.1. The summed E-state index contributed by atoms with van der Waals surface area (Å²) >= 11 is 0. The molecule has 1 aromatic carbocycles. The number of aromatic nitrogens is 2. The van der Waals surface area contributed by atoms with Crippen LogP contribution in [0.3, 0.4) is 0 Å². The molecule has 0 bridgehead atoms. The first-order chi connectivity index (χ1) is 13.0. The van der Waals surface area contributed by atoms with Crippen LogP contribution in [-0.2, 0) is 4.79 Å². The number of rotatable bonds is 4. The summed E-state index contributed by atoms with van der Waals surface area (Å²) in [6.45, 7) is 12.2. The molecule has 0 saturated carbocycles. The molecular formula is C21H29N5O. The Morgan fingerprint density at radius 1 is 1.07 bits per heavy atom. The molecule has 27 heavy (non-hydrogen) atoms. The number of likely N-dealkylation sites (tertiary alicyclic amines) is 1. The standard InChI is InChI=1S/C21H29N5O/c1-16-5-4-6-19(11-16)24-9-7-23(8-10-24)15-21(27)25-13-20(14-25)26-18(3)12-17(2)22-26/h4-6,11-12,20H,7-10,13-15H2,1-3H3. The number of nitrogens with zero attached hydrogens (tertiary/aromatic N) is 5. The largest absolute Gasteiger partial charge is 0.369 e. The number of hydrogen-bond acceptors (Lipinski definition) is 4. The molecule has 1 aromatic heterocycles. The second-order valence-electron chi connectivity index (χ2n) is 7.93. The van der Waals surface area contributed by atoms with E-state index in [9.17, 15) is 4.79 Å². The topological polar surface area (TPSA) is 44.6 Å². The van der Waals surface area contributed by atoms with Crippen LogP contribution in [-0.4, -0.2) is 71.3 Å². The molecule has 2 aliphatic rings.